The Bertz CT molecular complexity index is 1060. The Hall–Kier alpha value is -2.28. The van der Waals surface area contributed by atoms with Crippen LogP contribution in [-0.2, 0) is 37.1 Å². The SMILES string of the molecule is CNS(=O)(=O)Cc1ccc(CNC(=O)[C@H](C)NS(=O)(=O)c2c(C)noc2C)cc1. The molecule has 1 atom stereocenters. The number of hydrogen-bond acceptors (Lipinski definition) is 7. The Morgan fingerprint density at radius 3 is 2.21 bits per heavy atom. The maximum absolute atomic E-state index is 12.5. The van der Waals surface area contributed by atoms with Gasteiger partial charge in [-0.2, -0.15) is 4.72 Å². The molecular weight excluding hydrogens is 420 g/mol. The van der Waals surface area contributed by atoms with Gasteiger partial charge >= 0.3 is 0 Å². The lowest BCUT2D eigenvalue weighted by Crippen LogP contribution is -2.44. The number of hydrogen-bond donors (Lipinski definition) is 3. The van der Waals surface area contributed by atoms with Crippen molar-refractivity contribution in [1.82, 2.24) is 19.9 Å². The molecule has 0 saturated heterocycles. The number of nitrogens with one attached hydrogen (secondary N) is 3. The number of amides is 1. The molecule has 2 aromatic rings. The van der Waals surface area contributed by atoms with Crippen LogP contribution in [0.15, 0.2) is 33.7 Å². The third-order valence-electron chi connectivity index (χ3n) is 4.12. The third-order valence-corrected chi connectivity index (χ3v) is 7.24. The maximum atomic E-state index is 12.5. The van der Waals surface area contributed by atoms with Gasteiger partial charge in [-0.1, -0.05) is 29.4 Å². The van der Waals surface area contributed by atoms with Gasteiger partial charge in [-0.15, -0.1) is 0 Å². The maximum Gasteiger partial charge on any atom is 0.246 e. The molecule has 1 heterocycles. The van der Waals surface area contributed by atoms with Crippen molar-refractivity contribution in [2.75, 3.05) is 7.05 Å². The normalized spacial score (nSPS) is 13.2. The molecule has 1 aromatic carbocycles. The molecule has 0 saturated carbocycles. The van der Waals surface area contributed by atoms with Crippen molar-refractivity contribution in [3.8, 4) is 0 Å². The molecule has 160 valence electrons. The first-order chi connectivity index (χ1) is 13.4. The first-order valence-corrected chi connectivity index (χ1v) is 11.8. The second-order valence-electron chi connectivity index (χ2n) is 6.49. The van der Waals surface area contributed by atoms with E-state index in [1.54, 1.807) is 24.3 Å². The summed E-state index contributed by atoms with van der Waals surface area (Å²) in [7, 11) is -5.97. The molecule has 0 aliphatic rings. The van der Waals surface area contributed by atoms with E-state index in [9.17, 15) is 21.6 Å². The molecule has 10 nitrogen and oxygen atoms in total. The Morgan fingerprint density at radius 1 is 1.10 bits per heavy atom. The second-order valence-corrected chi connectivity index (χ2v) is 10.1. The summed E-state index contributed by atoms with van der Waals surface area (Å²) in [6.07, 6.45) is 0. The summed E-state index contributed by atoms with van der Waals surface area (Å²) in [4.78, 5) is 12.2. The number of carbonyl (C=O) groups excluding carboxylic acids is 1. The largest absolute Gasteiger partial charge is 0.360 e. The Kier molecular flexibility index (Phi) is 7.16. The van der Waals surface area contributed by atoms with Gasteiger partial charge in [-0.25, -0.2) is 21.6 Å². The average Bonchev–Trinajstić information content (AvgIpc) is 2.99. The smallest absolute Gasteiger partial charge is 0.246 e. The van der Waals surface area contributed by atoms with Gasteiger partial charge in [0.2, 0.25) is 26.0 Å². The lowest BCUT2D eigenvalue weighted by molar-refractivity contribution is -0.122. The van der Waals surface area contributed by atoms with Crippen LogP contribution in [0.25, 0.3) is 0 Å². The molecule has 0 fully saturated rings. The van der Waals surface area contributed by atoms with E-state index in [2.05, 4.69) is 19.9 Å². The number of rotatable bonds is 9. The fourth-order valence-electron chi connectivity index (χ4n) is 2.59. The van der Waals surface area contributed by atoms with Gasteiger partial charge in [-0.3, -0.25) is 4.79 Å². The lowest BCUT2D eigenvalue weighted by Gasteiger charge is -2.14. The summed E-state index contributed by atoms with van der Waals surface area (Å²) >= 11 is 0. The number of sulfonamides is 2. The number of aryl methyl sites for hydroxylation is 2. The van der Waals surface area contributed by atoms with Gasteiger partial charge in [0.1, 0.15) is 10.6 Å². The van der Waals surface area contributed by atoms with Crippen LogP contribution in [0, 0.1) is 13.8 Å². The molecular formula is C17H24N4O6S2. The molecule has 0 aliphatic heterocycles. The van der Waals surface area contributed by atoms with E-state index >= 15 is 0 Å². The fraction of sp³-hybridized carbons (Fsp3) is 0.412. The summed E-state index contributed by atoms with van der Waals surface area (Å²) in [5, 5.41) is 6.25. The standard InChI is InChI=1S/C17H24N4O6S2/c1-11-16(13(3)27-20-11)29(25,26)21-12(2)17(22)19-9-14-5-7-15(8-6-14)10-28(23,24)18-4/h5-8,12,18,21H,9-10H2,1-4H3,(H,19,22)/t12-/m0/s1. The van der Waals surface area contributed by atoms with Crippen molar-refractivity contribution >= 4 is 26.0 Å². The number of benzene rings is 1. The minimum Gasteiger partial charge on any atom is -0.360 e. The zero-order valence-electron chi connectivity index (χ0n) is 16.5. The zero-order chi connectivity index (χ0) is 21.8. The van der Waals surface area contributed by atoms with Crippen LogP contribution in [0.4, 0.5) is 0 Å². The van der Waals surface area contributed by atoms with Crippen LogP contribution >= 0.6 is 0 Å². The Morgan fingerprint density at radius 2 is 1.69 bits per heavy atom. The van der Waals surface area contributed by atoms with Gasteiger partial charge in [0.25, 0.3) is 0 Å². The van der Waals surface area contributed by atoms with Crippen molar-refractivity contribution < 1.29 is 26.2 Å². The van der Waals surface area contributed by atoms with E-state index < -0.39 is 32.0 Å². The summed E-state index contributed by atoms with van der Waals surface area (Å²) in [5.41, 5.74) is 1.56. The van der Waals surface area contributed by atoms with Gasteiger partial charge in [0.15, 0.2) is 5.76 Å². The minimum absolute atomic E-state index is 0.0794. The molecule has 2 rings (SSSR count). The molecule has 0 spiro atoms. The molecule has 0 radical (unpaired) electrons. The number of aromatic nitrogens is 1. The van der Waals surface area contributed by atoms with Gasteiger partial charge in [0, 0.05) is 6.54 Å². The van der Waals surface area contributed by atoms with Crippen LogP contribution in [0.1, 0.15) is 29.5 Å². The summed E-state index contributed by atoms with van der Waals surface area (Å²) in [5.74, 6) is -0.512. The number of nitrogens with zero attached hydrogens (tertiary/aromatic N) is 1. The molecule has 3 N–H and O–H groups in total. The van der Waals surface area contributed by atoms with Crippen molar-refractivity contribution in [2.24, 2.45) is 0 Å². The first-order valence-electron chi connectivity index (χ1n) is 8.67. The summed E-state index contributed by atoms with van der Waals surface area (Å²) < 4.78 is 57.4. The second kappa shape index (κ2) is 9.03. The van der Waals surface area contributed by atoms with E-state index in [-0.39, 0.29) is 28.6 Å². The van der Waals surface area contributed by atoms with E-state index in [0.29, 0.717) is 5.56 Å². The summed E-state index contributed by atoms with van der Waals surface area (Å²) in [6.45, 7) is 4.57. The quantitative estimate of drug-likeness (QED) is 0.505. The predicted molar refractivity (Wildman–Crippen MR) is 106 cm³/mol. The van der Waals surface area contributed by atoms with E-state index in [1.807, 2.05) is 0 Å². The Labute approximate surface area is 170 Å². The zero-order valence-corrected chi connectivity index (χ0v) is 18.1. The van der Waals surface area contributed by atoms with Crippen LogP contribution in [0.3, 0.4) is 0 Å². The lowest BCUT2D eigenvalue weighted by atomic mass is 10.1. The van der Waals surface area contributed by atoms with Crippen LogP contribution in [0.2, 0.25) is 0 Å². The highest BCUT2D eigenvalue weighted by Crippen LogP contribution is 2.18. The summed E-state index contributed by atoms with van der Waals surface area (Å²) in [6, 6.07) is 5.67. The van der Waals surface area contributed by atoms with E-state index in [1.165, 1.54) is 27.8 Å². The molecule has 1 amide bonds. The van der Waals surface area contributed by atoms with Crippen molar-refractivity contribution in [2.45, 2.75) is 44.0 Å². The molecule has 0 bridgehead atoms. The van der Waals surface area contributed by atoms with Gasteiger partial charge in [-0.05, 0) is 38.9 Å². The monoisotopic (exact) mass is 444 g/mol. The van der Waals surface area contributed by atoms with Crippen molar-refractivity contribution in [3.63, 3.8) is 0 Å². The van der Waals surface area contributed by atoms with Gasteiger partial charge < -0.3 is 9.84 Å². The van der Waals surface area contributed by atoms with E-state index in [4.69, 9.17) is 4.52 Å². The van der Waals surface area contributed by atoms with Crippen LogP contribution in [0.5, 0.6) is 0 Å². The average molecular weight is 445 g/mol. The molecule has 0 unspecified atom stereocenters. The first kappa shape index (κ1) is 23.0. The minimum atomic E-state index is -3.96. The molecule has 29 heavy (non-hydrogen) atoms. The van der Waals surface area contributed by atoms with Crippen molar-refractivity contribution in [3.05, 3.63) is 46.8 Å². The number of carbonyl (C=O) groups is 1. The third kappa shape index (κ3) is 6.10. The molecule has 1 aromatic heterocycles. The molecule has 12 heteroatoms. The van der Waals surface area contributed by atoms with E-state index in [0.717, 1.165) is 5.56 Å². The van der Waals surface area contributed by atoms with Gasteiger partial charge in [0.05, 0.1) is 11.8 Å². The fourth-order valence-corrected chi connectivity index (χ4v) is 4.90. The van der Waals surface area contributed by atoms with Crippen LogP contribution < -0.4 is 14.8 Å². The molecule has 0 aliphatic carbocycles. The highest BCUT2D eigenvalue weighted by molar-refractivity contribution is 7.89. The topological polar surface area (TPSA) is 147 Å². The highest BCUT2D eigenvalue weighted by Gasteiger charge is 2.28. The van der Waals surface area contributed by atoms with Crippen LogP contribution in [-0.4, -0.2) is 41.0 Å². The Balaban J connectivity index is 1.95. The highest BCUT2D eigenvalue weighted by atomic mass is 32.2. The predicted octanol–water partition coefficient (Wildman–Crippen LogP) is 0.324. The van der Waals surface area contributed by atoms with Crippen molar-refractivity contribution in [1.29, 1.82) is 0 Å².